The SMILES string of the molecule is COC1CC2CN(C(=O)C3(c4cnn(C)c4)CCCO3)Cc3cccnc3N2C1. The van der Waals surface area contributed by atoms with E-state index in [9.17, 15) is 4.79 Å². The summed E-state index contributed by atoms with van der Waals surface area (Å²) >= 11 is 0. The van der Waals surface area contributed by atoms with Crippen LogP contribution in [0.3, 0.4) is 0 Å². The maximum atomic E-state index is 13.9. The van der Waals surface area contributed by atoms with Crippen LogP contribution in [0.1, 0.15) is 30.4 Å². The zero-order valence-electron chi connectivity index (χ0n) is 17.0. The van der Waals surface area contributed by atoms with Crippen molar-refractivity contribution in [2.24, 2.45) is 7.05 Å². The van der Waals surface area contributed by atoms with Crippen molar-refractivity contribution < 1.29 is 14.3 Å². The molecule has 5 heterocycles. The topological polar surface area (TPSA) is 72.7 Å². The molecule has 29 heavy (non-hydrogen) atoms. The van der Waals surface area contributed by atoms with Crippen molar-refractivity contribution in [3.8, 4) is 0 Å². The summed E-state index contributed by atoms with van der Waals surface area (Å²) in [6.07, 6.45) is 8.08. The molecule has 0 radical (unpaired) electrons. The molecule has 2 aromatic heterocycles. The predicted octanol–water partition coefficient (Wildman–Crippen LogP) is 1.46. The Morgan fingerprint density at radius 1 is 1.38 bits per heavy atom. The highest BCUT2D eigenvalue weighted by molar-refractivity contribution is 5.87. The summed E-state index contributed by atoms with van der Waals surface area (Å²) in [4.78, 5) is 22.8. The number of pyridine rings is 1. The van der Waals surface area contributed by atoms with Gasteiger partial charge in [0.15, 0.2) is 5.60 Å². The van der Waals surface area contributed by atoms with Crippen molar-refractivity contribution in [3.63, 3.8) is 0 Å². The zero-order chi connectivity index (χ0) is 20.0. The summed E-state index contributed by atoms with van der Waals surface area (Å²) in [5.41, 5.74) is 0.973. The van der Waals surface area contributed by atoms with E-state index < -0.39 is 5.60 Å². The van der Waals surface area contributed by atoms with Crippen LogP contribution in [0.2, 0.25) is 0 Å². The van der Waals surface area contributed by atoms with Crippen LogP contribution in [0.25, 0.3) is 0 Å². The third-order valence-electron chi connectivity index (χ3n) is 6.47. The highest BCUT2D eigenvalue weighted by Crippen LogP contribution is 2.40. The van der Waals surface area contributed by atoms with Gasteiger partial charge in [0.25, 0.3) is 5.91 Å². The van der Waals surface area contributed by atoms with E-state index in [1.54, 1.807) is 18.0 Å². The number of carbonyl (C=O) groups is 1. The first-order chi connectivity index (χ1) is 14.1. The minimum Gasteiger partial charge on any atom is -0.380 e. The second kappa shape index (κ2) is 7.11. The minimum absolute atomic E-state index is 0.0283. The Morgan fingerprint density at radius 2 is 2.28 bits per heavy atom. The van der Waals surface area contributed by atoms with Crippen LogP contribution in [-0.2, 0) is 33.5 Å². The van der Waals surface area contributed by atoms with Gasteiger partial charge in [-0.2, -0.15) is 5.10 Å². The first-order valence-corrected chi connectivity index (χ1v) is 10.3. The zero-order valence-corrected chi connectivity index (χ0v) is 17.0. The van der Waals surface area contributed by atoms with E-state index in [1.165, 1.54) is 0 Å². The number of ether oxygens (including phenoxy) is 2. The minimum atomic E-state index is -0.939. The largest absolute Gasteiger partial charge is 0.380 e. The van der Waals surface area contributed by atoms with Crippen molar-refractivity contribution in [2.45, 2.75) is 43.6 Å². The number of carbonyl (C=O) groups excluding carboxylic acids is 1. The molecule has 2 fully saturated rings. The van der Waals surface area contributed by atoms with Gasteiger partial charge in [0.2, 0.25) is 0 Å². The first-order valence-electron chi connectivity index (χ1n) is 10.3. The summed E-state index contributed by atoms with van der Waals surface area (Å²) in [5.74, 6) is 0.996. The third kappa shape index (κ3) is 3.02. The Kier molecular flexibility index (Phi) is 4.55. The molecule has 1 amide bonds. The van der Waals surface area contributed by atoms with Gasteiger partial charge in [0, 0.05) is 63.9 Å². The fourth-order valence-corrected chi connectivity index (χ4v) is 5.01. The summed E-state index contributed by atoms with van der Waals surface area (Å²) in [7, 11) is 3.62. The molecular formula is C21H27N5O3. The van der Waals surface area contributed by atoms with Crippen LogP contribution in [-0.4, -0.2) is 64.5 Å². The molecule has 2 aromatic rings. The Labute approximate surface area is 170 Å². The quantitative estimate of drug-likeness (QED) is 0.781. The molecule has 0 saturated carbocycles. The fourth-order valence-electron chi connectivity index (χ4n) is 5.01. The molecule has 5 rings (SSSR count). The number of rotatable bonds is 3. The molecule has 3 atom stereocenters. The van der Waals surface area contributed by atoms with E-state index in [2.05, 4.69) is 21.0 Å². The lowest BCUT2D eigenvalue weighted by Crippen LogP contribution is -2.49. The Bertz CT molecular complexity index is 907. The van der Waals surface area contributed by atoms with E-state index in [0.717, 1.165) is 36.3 Å². The van der Waals surface area contributed by atoms with Crippen LogP contribution in [0.15, 0.2) is 30.7 Å². The highest BCUT2D eigenvalue weighted by Gasteiger charge is 2.49. The number of aromatic nitrogens is 3. The van der Waals surface area contributed by atoms with Gasteiger partial charge in [-0.15, -0.1) is 0 Å². The van der Waals surface area contributed by atoms with Gasteiger partial charge in [-0.1, -0.05) is 6.07 Å². The fraction of sp³-hybridized carbons (Fsp3) is 0.571. The Hall–Kier alpha value is -2.45. The van der Waals surface area contributed by atoms with Crippen molar-refractivity contribution in [1.82, 2.24) is 19.7 Å². The molecule has 0 aromatic carbocycles. The highest BCUT2D eigenvalue weighted by atomic mass is 16.5. The number of hydrogen-bond donors (Lipinski definition) is 0. The molecule has 0 aliphatic carbocycles. The van der Waals surface area contributed by atoms with Crippen LogP contribution < -0.4 is 4.90 Å². The number of fused-ring (bicyclic) bond motifs is 3. The first kappa shape index (κ1) is 18.6. The van der Waals surface area contributed by atoms with E-state index >= 15 is 0 Å². The number of methoxy groups -OCH3 is 1. The lowest BCUT2D eigenvalue weighted by Gasteiger charge is -2.34. The van der Waals surface area contributed by atoms with Crippen LogP contribution in [0.4, 0.5) is 5.82 Å². The number of nitrogens with zero attached hydrogens (tertiary/aromatic N) is 5. The van der Waals surface area contributed by atoms with Crippen molar-refractivity contribution in [3.05, 3.63) is 41.9 Å². The van der Waals surface area contributed by atoms with Gasteiger partial charge in [-0.05, 0) is 25.3 Å². The summed E-state index contributed by atoms with van der Waals surface area (Å²) < 4.78 is 13.5. The van der Waals surface area contributed by atoms with E-state index in [-0.39, 0.29) is 18.1 Å². The average molecular weight is 397 g/mol. The maximum absolute atomic E-state index is 13.9. The molecule has 3 unspecified atom stereocenters. The monoisotopic (exact) mass is 397 g/mol. The molecule has 3 aliphatic heterocycles. The molecule has 0 N–H and O–H groups in total. The summed E-state index contributed by atoms with van der Waals surface area (Å²) in [6, 6.07) is 4.19. The van der Waals surface area contributed by atoms with E-state index in [4.69, 9.17) is 9.47 Å². The van der Waals surface area contributed by atoms with Gasteiger partial charge in [0.1, 0.15) is 5.82 Å². The van der Waals surface area contributed by atoms with Gasteiger partial charge in [-0.3, -0.25) is 9.48 Å². The Balaban J connectivity index is 1.51. The second-order valence-corrected chi connectivity index (χ2v) is 8.25. The molecule has 0 spiro atoms. The standard InChI is InChI=1S/C21H27N5O3/c1-24-12-16(10-23-24)21(6-4-8-29-21)20(27)25-11-15-5-3-7-22-19(15)26-14-18(28-2)9-17(26)13-25/h3,5,7,10,12,17-18H,4,6,8-9,11,13-14H2,1-2H3. The third-order valence-corrected chi connectivity index (χ3v) is 6.47. The van der Waals surface area contributed by atoms with Crippen LogP contribution in [0, 0.1) is 0 Å². The lowest BCUT2D eigenvalue weighted by molar-refractivity contribution is -0.155. The maximum Gasteiger partial charge on any atom is 0.259 e. The summed E-state index contributed by atoms with van der Waals surface area (Å²) in [5, 5.41) is 4.29. The normalized spacial score (nSPS) is 28.9. The van der Waals surface area contributed by atoms with Crippen molar-refractivity contribution in [1.29, 1.82) is 0 Å². The van der Waals surface area contributed by atoms with E-state index in [1.807, 2.05) is 30.4 Å². The molecule has 2 saturated heterocycles. The molecule has 154 valence electrons. The number of amides is 1. The smallest absolute Gasteiger partial charge is 0.259 e. The molecule has 8 heteroatoms. The average Bonchev–Trinajstić information content (AvgIpc) is 3.46. The second-order valence-electron chi connectivity index (χ2n) is 8.25. The Morgan fingerprint density at radius 3 is 3.00 bits per heavy atom. The van der Waals surface area contributed by atoms with E-state index in [0.29, 0.717) is 26.1 Å². The van der Waals surface area contributed by atoms with Crippen LogP contribution in [0.5, 0.6) is 0 Å². The molecule has 3 aliphatic rings. The van der Waals surface area contributed by atoms with Gasteiger partial charge >= 0.3 is 0 Å². The summed E-state index contributed by atoms with van der Waals surface area (Å²) in [6.45, 7) is 2.57. The lowest BCUT2D eigenvalue weighted by atomic mass is 9.91. The van der Waals surface area contributed by atoms with Crippen molar-refractivity contribution >= 4 is 11.7 Å². The number of hydrogen-bond acceptors (Lipinski definition) is 6. The van der Waals surface area contributed by atoms with Gasteiger partial charge in [0.05, 0.1) is 18.3 Å². The number of anilines is 1. The van der Waals surface area contributed by atoms with Crippen LogP contribution >= 0.6 is 0 Å². The molecule has 8 nitrogen and oxygen atoms in total. The van der Waals surface area contributed by atoms with Gasteiger partial charge < -0.3 is 19.3 Å². The number of aryl methyl sites for hydroxylation is 1. The predicted molar refractivity (Wildman–Crippen MR) is 106 cm³/mol. The molecular weight excluding hydrogens is 370 g/mol. The van der Waals surface area contributed by atoms with Gasteiger partial charge in [-0.25, -0.2) is 4.98 Å². The molecule has 0 bridgehead atoms. The van der Waals surface area contributed by atoms with Crippen molar-refractivity contribution in [2.75, 3.05) is 31.7 Å².